The van der Waals surface area contributed by atoms with Crippen LogP contribution >= 0.6 is 8.58 Å². The molecule has 1 atom stereocenters. The molecule has 0 saturated carbocycles. The average molecular weight is 292 g/mol. The molecule has 0 fully saturated rings. The van der Waals surface area contributed by atoms with Crippen LogP contribution in [0.5, 0.6) is 0 Å². The van der Waals surface area contributed by atoms with E-state index < -0.39 is 0 Å². The quantitative estimate of drug-likeness (QED) is 0.619. The molecule has 0 aliphatic rings. The van der Waals surface area contributed by atoms with Crippen LogP contribution in [0.25, 0.3) is 0 Å². The van der Waals surface area contributed by atoms with Crippen molar-refractivity contribution in [2.24, 2.45) is 0 Å². The zero-order valence-electron chi connectivity index (χ0n) is 14.8. The van der Waals surface area contributed by atoms with Gasteiger partial charge in [-0.15, -0.1) is 0 Å². The summed E-state index contributed by atoms with van der Waals surface area (Å²) >= 11 is 0. The van der Waals surface area contributed by atoms with Crippen LogP contribution in [0.15, 0.2) is 30.3 Å². The van der Waals surface area contributed by atoms with Crippen molar-refractivity contribution < 1.29 is 25.1 Å². The van der Waals surface area contributed by atoms with Crippen LogP contribution in [-0.2, 0) is 0 Å². The Hall–Kier alpha value is -0.863. The third-order valence-electron chi connectivity index (χ3n) is 3.62. The summed E-state index contributed by atoms with van der Waals surface area (Å²) in [6.45, 7) is 10.3. The molecule has 21 heavy (non-hydrogen) atoms. The second kappa shape index (κ2) is 7.42. The fraction of sp³-hybridized carbons (Fsp3) is 0.278. The van der Waals surface area contributed by atoms with Gasteiger partial charge in [0.2, 0.25) is 0 Å². The maximum Gasteiger partial charge on any atom is 1.00 e. The molecule has 0 aromatic heterocycles. The Balaban J connectivity index is 0.00000220. The number of rotatable bonds is 3. The van der Waals surface area contributed by atoms with Gasteiger partial charge in [0.1, 0.15) is 0 Å². The number of hydrogen-bond donors (Lipinski definition) is 0. The third-order valence-corrected chi connectivity index (χ3v) is 5.14. The van der Waals surface area contributed by atoms with Crippen molar-refractivity contribution in [2.75, 3.05) is 0 Å². The maximum absolute atomic E-state index is 12.7. The zero-order chi connectivity index (χ0) is 14.9. The van der Waals surface area contributed by atoms with E-state index in [0.717, 1.165) is 16.7 Å². The fourth-order valence-electron chi connectivity index (χ4n) is 2.73. The van der Waals surface area contributed by atoms with Gasteiger partial charge in [-0.05, 0) is 70.8 Å². The Morgan fingerprint density at radius 3 is 1.86 bits per heavy atom. The first-order valence-corrected chi connectivity index (χ1v) is 7.85. The van der Waals surface area contributed by atoms with Gasteiger partial charge in [0, 0.05) is 5.56 Å². The van der Waals surface area contributed by atoms with Crippen molar-refractivity contribution in [3.8, 4) is 0 Å². The molecular formula is C18H22LiOP. The van der Waals surface area contributed by atoms with Crippen LogP contribution in [0.1, 0.15) is 39.6 Å². The first-order chi connectivity index (χ1) is 9.40. The number of carbonyl (C=O) groups excluding carboxylic acids is 1. The number of benzene rings is 2. The monoisotopic (exact) mass is 292 g/mol. The molecule has 1 nitrogen and oxygen atoms in total. The van der Waals surface area contributed by atoms with E-state index in [2.05, 4.69) is 45.0 Å². The second-order valence-electron chi connectivity index (χ2n) is 5.49. The molecule has 2 aromatic rings. The number of hydrogen-bond acceptors (Lipinski definition) is 1. The predicted molar refractivity (Wildman–Crippen MR) is 90.0 cm³/mol. The smallest absolute Gasteiger partial charge is 1.00 e. The Kier molecular flexibility index (Phi) is 6.42. The molecule has 0 aliphatic heterocycles. The van der Waals surface area contributed by atoms with Crippen molar-refractivity contribution in [1.29, 1.82) is 0 Å². The van der Waals surface area contributed by atoms with Crippen molar-refractivity contribution in [3.63, 3.8) is 0 Å². The van der Waals surface area contributed by atoms with Crippen LogP contribution in [0.4, 0.5) is 0 Å². The molecule has 106 valence electrons. The topological polar surface area (TPSA) is 17.1 Å². The molecule has 0 amide bonds. The largest absolute Gasteiger partial charge is 1.00 e. The third kappa shape index (κ3) is 4.08. The molecule has 0 heterocycles. The molecule has 3 heteroatoms. The molecule has 0 N–H and O–H groups in total. The van der Waals surface area contributed by atoms with E-state index in [4.69, 9.17) is 0 Å². The normalized spacial score (nSPS) is 10.7. The van der Waals surface area contributed by atoms with Crippen LogP contribution < -0.4 is 24.2 Å². The summed E-state index contributed by atoms with van der Waals surface area (Å²) in [6, 6.07) is 10.4. The molecule has 0 radical (unpaired) electrons. The van der Waals surface area contributed by atoms with Crippen LogP contribution in [0, 0.1) is 34.6 Å². The van der Waals surface area contributed by atoms with Crippen molar-refractivity contribution >= 4 is 19.4 Å². The summed E-state index contributed by atoms with van der Waals surface area (Å²) in [6.07, 6.45) is 0. The number of aryl methyl sites for hydroxylation is 5. The van der Waals surface area contributed by atoms with E-state index in [-0.39, 0.29) is 34.4 Å². The van der Waals surface area contributed by atoms with Crippen molar-refractivity contribution in [3.05, 3.63) is 63.7 Å². The molecule has 0 spiro atoms. The van der Waals surface area contributed by atoms with Gasteiger partial charge in [-0.25, -0.2) is 0 Å². The Labute approximate surface area is 143 Å². The van der Waals surface area contributed by atoms with Crippen molar-refractivity contribution in [1.82, 2.24) is 0 Å². The first kappa shape index (κ1) is 18.2. The summed E-state index contributed by atoms with van der Waals surface area (Å²) < 4.78 is 0. The van der Waals surface area contributed by atoms with Gasteiger partial charge < -0.3 is 1.43 Å². The minimum absolute atomic E-state index is 0. The fourth-order valence-corrected chi connectivity index (χ4v) is 4.03. The molecule has 2 rings (SSSR count). The Bertz CT molecular complexity index is 640. The SMILES string of the molecule is Cc1cc(C)c(C(=O)Pc2c(C)cccc2C)c(C)c1.[H-].[Li+]. The first-order valence-electron chi connectivity index (χ1n) is 6.85. The van der Waals surface area contributed by atoms with Crippen LogP contribution in [0.3, 0.4) is 0 Å². The molecule has 2 aromatic carbocycles. The second-order valence-corrected chi connectivity index (χ2v) is 6.70. The minimum Gasteiger partial charge on any atom is -1.00 e. The van der Waals surface area contributed by atoms with Gasteiger partial charge in [0.05, 0.1) is 0 Å². The summed E-state index contributed by atoms with van der Waals surface area (Å²) in [5.41, 5.74) is 6.96. The van der Waals surface area contributed by atoms with Gasteiger partial charge in [-0.1, -0.05) is 35.9 Å². The van der Waals surface area contributed by atoms with Gasteiger partial charge in [0.25, 0.3) is 0 Å². The van der Waals surface area contributed by atoms with E-state index in [1.165, 1.54) is 22.0 Å². The van der Waals surface area contributed by atoms with Gasteiger partial charge in [-0.3, -0.25) is 4.79 Å². The van der Waals surface area contributed by atoms with E-state index in [1.807, 2.05) is 19.9 Å². The van der Waals surface area contributed by atoms with Gasteiger partial charge in [-0.2, -0.15) is 0 Å². The van der Waals surface area contributed by atoms with E-state index >= 15 is 0 Å². The molecule has 1 unspecified atom stereocenters. The Morgan fingerprint density at radius 2 is 1.38 bits per heavy atom. The predicted octanol–water partition coefficient (Wildman–Crippen LogP) is 1.49. The molecule has 0 aliphatic carbocycles. The minimum atomic E-state index is 0. The number of carbonyl (C=O) groups is 1. The zero-order valence-corrected chi connectivity index (χ0v) is 14.8. The molecular weight excluding hydrogens is 270 g/mol. The van der Waals surface area contributed by atoms with Gasteiger partial charge in [0.15, 0.2) is 5.52 Å². The molecule has 0 bridgehead atoms. The van der Waals surface area contributed by atoms with Gasteiger partial charge >= 0.3 is 18.9 Å². The summed E-state index contributed by atoms with van der Waals surface area (Å²) in [4.78, 5) is 12.7. The summed E-state index contributed by atoms with van der Waals surface area (Å²) in [5, 5.41) is 1.19. The van der Waals surface area contributed by atoms with E-state index in [0.29, 0.717) is 0 Å². The maximum atomic E-state index is 12.7. The molecule has 0 saturated heterocycles. The van der Waals surface area contributed by atoms with Crippen LogP contribution in [-0.4, -0.2) is 5.52 Å². The van der Waals surface area contributed by atoms with Crippen molar-refractivity contribution in [2.45, 2.75) is 34.6 Å². The summed E-state index contributed by atoms with van der Waals surface area (Å²) in [7, 11) is 0.204. The average Bonchev–Trinajstić information content (AvgIpc) is 2.32. The standard InChI is InChI=1S/C18H21OP.Li.H/c1-11-9-14(4)16(15(5)10-11)18(19)20-17-12(2)7-6-8-13(17)3;;/h6-10,20H,1-5H3;;/q;+1;-1. The Morgan fingerprint density at radius 1 is 0.905 bits per heavy atom. The summed E-state index contributed by atoms with van der Waals surface area (Å²) in [5.74, 6) is 0. The van der Waals surface area contributed by atoms with E-state index in [1.54, 1.807) is 0 Å². The van der Waals surface area contributed by atoms with E-state index in [9.17, 15) is 4.79 Å². The van der Waals surface area contributed by atoms with Crippen LogP contribution in [0.2, 0.25) is 0 Å².